The van der Waals surface area contributed by atoms with E-state index in [-0.39, 0.29) is 17.1 Å². The van der Waals surface area contributed by atoms with Gasteiger partial charge in [-0.15, -0.1) is 0 Å². The van der Waals surface area contributed by atoms with E-state index in [9.17, 15) is 18.4 Å². The number of nitrogens with one attached hydrogen (secondary N) is 2. The minimum atomic E-state index is -1.09. The fourth-order valence-electron chi connectivity index (χ4n) is 2.49. The van der Waals surface area contributed by atoms with Crippen LogP contribution in [-0.4, -0.2) is 23.4 Å². The van der Waals surface area contributed by atoms with E-state index in [0.717, 1.165) is 12.1 Å². The van der Waals surface area contributed by atoms with Gasteiger partial charge in [0.2, 0.25) is 0 Å². The minimum absolute atomic E-state index is 0.00855. The normalized spacial score (nSPS) is 10.3. The van der Waals surface area contributed by atoms with Crippen LogP contribution < -0.4 is 15.4 Å². The molecule has 0 atom stereocenters. The summed E-state index contributed by atoms with van der Waals surface area (Å²) in [5, 5.41) is 5.10. The molecule has 0 bridgehead atoms. The van der Waals surface area contributed by atoms with Crippen LogP contribution in [0, 0.1) is 11.6 Å². The van der Waals surface area contributed by atoms with Crippen molar-refractivity contribution < 1.29 is 23.1 Å². The lowest BCUT2D eigenvalue weighted by Gasteiger charge is -2.11. The number of carbonyl (C=O) groups excluding carboxylic acids is 2. The molecule has 0 spiro atoms. The number of halogens is 2. The molecule has 0 aliphatic rings. The molecule has 29 heavy (non-hydrogen) atoms. The number of hydrogen-bond acceptors (Lipinski definition) is 4. The third kappa shape index (κ3) is 4.92. The predicted octanol–water partition coefficient (Wildman–Crippen LogP) is 4.26. The maximum atomic E-state index is 13.3. The maximum absolute atomic E-state index is 13.3. The fraction of sp³-hybridized carbons (Fsp3) is 0.0952. The van der Waals surface area contributed by atoms with E-state index in [1.54, 1.807) is 24.3 Å². The highest BCUT2D eigenvalue weighted by Crippen LogP contribution is 2.24. The van der Waals surface area contributed by atoms with Crippen LogP contribution in [0.4, 0.5) is 20.2 Å². The van der Waals surface area contributed by atoms with Crippen LogP contribution in [0.3, 0.4) is 0 Å². The van der Waals surface area contributed by atoms with Gasteiger partial charge in [-0.2, -0.15) is 0 Å². The Bertz CT molecular complexity index is 1060. The summed E-state index contributed by atoms with van der Waals surface area (Å²) in [4.78, 5) is 28.9. The average molecular weight is 397 g/mol. The molecule has 0 aliphatic heterocycles. The minimum Gasteiger partial charge on any atom is -0.492 e. The number of amides is 2. The molecule has 0 saturated carbocycles. The number of benzene rings is 2. The fourth-order valence-corrected chi connectivity index (χ4v) is 2.49. The van der Waals surface area contributed by atoms with Crippen LogP contribution >= 0.6 is 0 Å². The molecule has 2 amide bonds. The zero-order valence-corrected chi connectivity index (χ0v) is 15.4. The van der Waals surface area contributed by atoms with Crippen molar-refractivity contribution in [1.29, 1.82) is 0 Å². The van der Waals surface area contributed by atoms with E-state index in [2.05, 4.69) is 15.6 Å². The lowest BCUT2D eigenvalue weighted by Crippen LogP contribution is -2.19. The zero-order chi connectivity index (χ0) is 20.8. The van der Waals surface area contributed by atoms with Crippen LogP contribution in [-0.2, 0) is 0 Å². The van der Waals surface area contributed by atoms with Gasteiger partial charge < -0.3 is 15.4 Å². The van der Waals surface area contributed by atoms with E-state index in [1.165, 1.54) is 24.3 Å². The van der Waals surface area contributed by atoms with Crippen molar-refractivity contribution in [3.63, 3.8) is 0 Å². The number of pyridine rings is 1. The zero-order valence-electron chi connectivity index (χ0n) is 15.4. The molecule has 0 fully saturated rings. The molecule has 2 N–H and O–H groups in total. The Morgan fingerprint density at radius 3 is 2.28 bits per heavy atom. The Balaban J connectivity index is 1.75. The molecular formula is C21H17F2N3O3. The number of hydrogen-bond donors (Lipinski definition) is 2. The summed E-state index contributed by atoms with van der Waals surface area (Å²) >= 11 is 0. The Morgan fingerprint density at radius 2 is 1.59 bits per heavy atom. The number of ether oxygens (including phenoxy) is 1. The maximum Gasteiger partial charge on any atom is 0.274 e. The quantitative estimate of drug-likeness (QED) is 0.651. The molecule has 3 rings (SSSR count). The van der Waals surface area contributed by atoms with Gasteiger partial charge in [-0.1, -0.05) is 18.2 Å². The van der Waals surface area contributed by atoms with Crippen molar-refractivity contribution in [1.82, 2.24) is 4.98 Å². The van der Waals surface area contributed by atoms with Gasteiger partial charge >= 0.3 is 0 Å². The standard InChI is InChI=1S/C21H17F2N3O3/c1-2-29-19-9-4-3-6-16(19)26-21(28)18-8-5-7-17(25-18)20(27)24-13-10-11-14(22)15(23)12-13/h3-12H,2H2,1H3,(H,24,27)(H,26,28). The first-order valence-corrected chi connectivity index (χ1v) is 8.74. The average Bonchev–Trinajstić information content (AvgIpc) is 2.72. The van der Waals surface area contributed by atoms with Gasteiger partial charge in [0.1, 0.15) is 17.1 Å². The van der Waals surface area contributed by atoms with Gasteiger partial charge in [0, 0.05) is 11.8 Å². The summed E-state index contributed by atoms with van der Waals surface area (Å²) in [5.74, 6) is -2.79. The first kappa shape index (κ1) is 19.9. The number of anilines is 2. The largest absolute Gasteiger partial charge is 0.492 e. The molecule has 0 saturated heterocycles. The van der Waals surface area contributed by atoms with Crippen molar-refractivity contribution >= 4 is 23.2 Å². The smallest absolute Gasteiger partial charge is 0.274 e. The molecule has 0 aliphatic carbocycles. The molecule has 0 radical (unpaired) electrons. The SMILES string of the molecule is CCOc1ccccc1NC(=O)c1cccc(C(=O)Nc2ccc(F)c(F)c2)n1. The number of para-hydroxylation sites is 2. The van der Waals surface area contributed by atoms with Crippen LogP contribution in [0.15, 0.2) is 60.7 Å². The summed E-state index contributed by atoms with van der Waals surface area (Å²) in [6, 6.07) is 14.3. The molecule has 2 aromatic carbocycles. The molecule has 8 heteroatoms. The number of nitrogens with zero attached hydrogens (tertiary/aromatic N) is 1. The van der Waals surface area contributed by atoms with Crippen molar-refractivity contribution in [2.75, 3.05) is 17.2 Å². The summed E-state index contributed by atoms with van der Waals surface area (Å²) in [6.45, 7) is 2.26. The van der Waals surface area contributed by atoms with Crippen molar-refractivity contribution in [2.24, 2.45) is 0 Å². The van der Waals surface area contributed by atoms with E-state index < -0.39 is 23.4 Å². The highest BCUT2D eigenvalue weighted by atomic mass is 19.2. The lowest BCUT2D eigenvalue weighted by molar-refractivity contribution is 0.101. The topological polar surface area (TPSA) is 80.3 Å². The van der Waals surface area contributed by atoms with E-state index in [0.29, 0.717) is 18.0 Å². The highest BCUT2D eigenvalue weighted by Gasteiger charge is 2.15. The van der Waals surface area contributed by atoms with Crippen molar-refractivity contribution in [3.8, 4) is 5.75 Å². The Labute approximate surface area is 165 Å². The van der Waals surface area contributed by atoms with E-state index >= 15 is 0 Å². The summed E-state index contributed by atoms with van der Waals surface area (Å²) in [6.07, 6.45) is 0. The Hall–Kier alpha value is -3.81. The molecule has 1 heterocycles. The second kappa shape index (κ2) is 8.92. The van der Waals surface area contributed by atoms with Gasteiger partial charge in [-0.3, -0.25) is 9.59 Å². The van der Waals surface area contributed by atoms with Crippen LogP contribution in [0.25, 0.3) is 0 Å². The number of aromatic nitrogens is 1. The van der Waals surface area contributed by atoms with Crippen LogP contribution in [0.1, 0.15) is 27.9 Å². The third-order valence-corrected chi connectivity index (χ3v) is 3.83. The first-order valence-electron chi connectivity index (χ1n) is 8.74. The molecule has 6 nitrogen and oxygen atoms in total. The van der Waals surface area contributed by atoms with E-state index in [4.69, 9.17) is 4.74 Å². The highest BCUT2D eigenvalue weighted by molar-refractivity contribution is 6.06. The number of rotatable bonds is 6. The molecule has 0 unspecified atom stereocenters. The van der Waals surface area contributed by atoms with Gasteiger partial charge in [-0.05, 0) is 43.3 Å². The Morgan fingerprint density at radius 1 is 0.897 bits per heavy atom. The van der Waals surface area contributed by atoms with Gasteiger partial charge in [0.15, 0.2) is 11.6 Å². The van der Waals surface area contributed by atoms with Gasteiger partial charge in [0.25, 0.3) is 11.8 Å². The predicted molar refractivity (Wildman–Crippen MR) is 104 cm³/mol. The summed E-state index contributed by atoms with van der Waals surface area (Å²) in [5.41, 5.74) is 0.490. The molecule has 1 aromatic heterocycles. The van der Waals surface area contributed by atoms with Crippen molar-refractivity contribution in [2.45, 2.75) is 6.92 Å². The monoisotopic (exact) mass is 397 g/mol. The second-order valence-electron chi connectivity index (χ2n) is 5.87. The summed E-state index contributed by atoms with van der Waals surface area (Å²) < 4.78 is 31.8. The Kier molecular flexibility index (Phi) is 6.13. The van der Waals surface area contributed by atoms with Crippen molar-refractivity contribution in [3.05, 3.63) is 83.7 Å². The third-order valence-electron chi connectivity index (χ3n) is 3.83. The van der Waals surface area contributed by atoms with Crippen LogP contribution in [0.2, 0.25) is 0 Å². The van der Waals surface area contributed by atoms with Crippen LogP contribution in [0.5, 0.6) is 5.75 Å². The van der Waals surface area contributed by atoms with E-state index in [1.807, 2.05) is 6.92 Å². The second-order valence-corrected chi connectivity index (χ2v) is 5.87. The van der Waals surface area contributed by atoms with Gasteiger partial charge in [0.05, 0.1) is 12.3 Å². The molecule has 3 aromatic rings. The molecule has 148 valence electrons. The first-order chi connectivity index (χ1) is 14.0. The lowest BCUT2D eigenvalue weighted by atomic mass is 10.2. The summed E-state index contributed by atoms with van der Waals surface area (Å²) in [7, 11) is 0. The molecular weight excluding hydrogens is 380 g/mol. The van der Waals surface area contributed by atoms with Gasteiger partial charge in [-0.25, -0.2) is 13.8 Å². The number of carbonyl (C=O) groups is 2.